The maximum atomic E-state index is 10.1. The second-order valence-corrected chi connectivity index (χ2v) is 18.0. The first kappa shape index (κ1) is 39.3. The van der Waals surface area contributed by atoms with Crippen LogP contribution in [0.2, 0.25) is 4.82 Å². The quantitative estimate of drug-likeness (QED) is 0.169. The van der Waals surface area contributed by atoms with E-state index in [0.717, 1.165) is 17.7 Å². The van der Waals surface area contributed by atoms with Crippen molar-refractivity contribution in [2.75, 3.05) is 0 Å². The van der Waals surface area contributed by atoms with Gasteiger partial charge in [0.05, 0.1) is 6.10 Å². The molecule has 0 unspecified atom stereocenters. The molecule has 3 rings (SSSR count). The summed E-state index contributed by atoms with van der Waals surface area (Å²) in [5.41, 5.74) is 10.8. The van der Waals surface area contributed by atoms with E-state index in [0.29, 0.717) is 15.0 Å². The number of hydrogen-bond acceptors (Lipinski definition) is 1. The maximum Gasteiger partial charge on any atom is 0.0585 e. The number of rotatable bonds is 12. The zero-order valence-corrected chi connectivity index (χ0v) is 33.0. The van der Waals surface area contributed by atoms with Crippen molar-refractivity contribution < 1.29 is 5.11 Å². The summed E-state index contributed by atoms with van der Waals surface area (Å²) >= 11 is 0.522. The van der Waals surface area contributed by atoms with E-state index in [2.05, 4.69) is 185 Å². The van der Waals surface area contributed by atoms with Crippen LogP contribution in [0.25, 0.3) is 0 Å². The Balaban J connectivity index is 1.50. The van der Waals surface area contributed by atoms with Crippen LogP contribution in [0.4, 0.5) is 0 Å². The third-order valence-corrected chi connectivity index (χ3v) is 11.8. The van der Waals surface area contributed by atoms with Crippen LogP contribution in [0.1, 0.15) is 94.9 Å². The molecule has 0 saturated carbocycles. The summed E-state index contributed by atoms with van der Waals surface area (Å²) in [6, 6.07) is 11.0. The SMILES string of the molecule is CC1=C(/C=C/C(C)=C/C=C/C(C)=C/C=C/C=C(C)/C=C/C=C(C)/C=C/C2=C(C)C[C@H]([Se]c3ccccc3)CC2(C)C)C(C)(C)C[C@H](O)C1. The Morgan fingerprint density at radius 1 is 0.625 bits per heavy atom. The first-order valence-electron chi connectivity index (χ1n) is 17.5. The second-order valence-electron chi connectivity index (χ2n) is 15.1. The van der Waals surface area contributed by atoms with Crippen LogP contribution < -0.4 is 4.46 Å². The maximum absolute atomic E-state index is 10.1. The van der Waals surface area contributed by atoms with Crippen LogP contribution in [0.15, 0.2) is 160 Å². The molecular formula is C46H60OSe. The van der Waals surface area contributed by atoms with Gasteiger partial charge in [-0.1, -0.05) is 79.2 Å². The predicted molar refractivity (Wildman–Crippen MR) is 214 cm³/mol. The van der Waals surface area contributed by atoms with Crippen LogP contribution in [-0.4, -0.2) is 26.2 Å². The van der Waals surface area contributed by atoms with Crippen molar-refractivity contribution in [2.24, 2.45) is 10.8 Å². The van der Waals surface area contributed by atoms with Gasteiger partial charge >= 0.3 is 166 Å². The topological polar surface area (TPSA) is 20.2 Å². The standard InChI is InChI=1S/C46H60OSe/c1-34(20-16-22-36(3)26-28-43-38(5)30-40(47)32-45(43,7)8)18-14-15-19-35(2)21-17-23-37(4)27-29-44-39(6)31-42(33-46(44,9)10)48-41-24-12-11-13-25-41/h11-29,40,42,47H,30-33H2,1-10H3/b15-14+,20-16+,21-17+,28-26+,29-27+,34-18+,35-19+,36-22+,37-23+/t40-,42+/m1/s1. The largest absolute Gasteiger partial charge is 0.393 e. The first-order valence-corrected chi connectivity index (χ1v) is 19.4. The summed E-state index contributed by atoms with van der Waals surface area (Å²) in [6.07, 6.45) is 34.3. The van der Waals surface area contributed by atoms with Gasteiger partial charge < -0.3 is 5.11 Å². The zero-order chi connectivity index (χ0) is 35.3. The minimum absolute atomic E-state index is 0.00759. The molecule has 0 amide bonds. The monoisotopic (exact) mass is 708 g/mol. The average molecular weight is 708 g/mol. The molecule has 1 aromatic rings. The molecule has 2 atom stereocenters. The molecule has 0 aromatic heterocycles. The Bertz CT molecular complexity index is 1590. The summed E-state index contributed by atoms with van der Waals surface area (Å²) in [5, 5.41) is 10.1. The van der Waals surface area contributed by atoms with E-state index in [1.807, 2.05) is 0 Å². The van der Waals surface area contributed by atoms with Crippen molar-refractivity contribution in [3.05, 3.63) is 160 Å². The number of hydrogen-bond donors (Lipinski definition) is 1. The van der Waals surface area contributed by atoms with Crippen molar-refractivity contribution in [1.29, 1.82) is 0 Å². The fraction of sp³-hybridized carbons (Fsp3) is 0.391. The van der Waals surface area contributed by atoms with Gasteiger partial charge in [0, 0.05) is 0 Å². The minimum atomic E-state index is -0.224. The van der Waals surface area contributed by atoms with E-state index in [4.69, 9.17) is 0 Å². The zero-order valence-electron chi connectivity index (χ0n) is 31.3. The average Bonchev–Trinajstić information content (AvgIpc) is 2.98. The molecule has 0 radical (unpaired) electrons. The minimum Gasteiger partial charge on any atom is -0.393 e. The van der Waals surface area contributed by atoms with Gasteiger partial charge in [0.1, 0.15) is 0 Å². The Hall–Kier alpha value is -3.16. The van der Waals surface area contributed by atoms with E-state index in [9.17, 15) is 5.11 Å². The van der Waals surface area contributed by atoms with Crippen molar-refractivity contribution >= 4 is 19.4 Å². The molecule has 1 nitrogen and oxygen atoms in total. The number of aliphatic hydroxyl groups excluding tert-OH is 1. The van der Waals surface area contributed by atoms with Crippen LogP contribution in [0.3, 0.4) is 0 Å². The van der Waals surface area contributed by atoms with E-state index in [1.54, 1.807) is 5.57 Å². The second kappa shape index (κ2) is 18.6. The number of allylic oxidation sites excluding steroid dienone is 21. The summed E-state index contributed by atoms with van der Waals surface area (Å²) < 4.78 is 1.51. The van der Waals surface area contributed by atoms with Crippen LogP contribution in [-0.2, 0) is 0 Å². The predicted octanol–water partition coefficient (Wildman–Crippen LogP) is 12.0. The molecule has 48 heavy (non-hydrogen) atoms. The normalized spacial score (nSPS) is 23.3. The van der Waals surface area contributed by atoms with Gasteiger partial charge in [-0.15, -0.1) is 0 Å². The molecule has 0 saturated heterocycles. The van der Waals surface area contributed by atoms with Crippen molar-refractivity contribution in [3.8, 4) is 0 Å². The van der Waals surface area contributed by atoms with E-state index < -0.39 is 0 Å². The first-order chi connectivity index (χ1) is 22.7. The molecule has 2 aliphatic carbocycles. The molecule has 0 fully saturated rings. The third-order valence-electron chi connectivity index (χ3n) is 9.27. The van der Waals surface area contributed by atoms with Crippen LogP contribution >= 0.6 is 0 Å². The molecule has 256 valence electrons. The summed E-state index contributed by atoms with van der Waals surface area (Å²) in [7, 11) is 0. The smallest absolute Gasteiger partial charge is 0.0585 e. The molecule has 1 aromatic carbocycles. The summed E-state index contributed by atoms with van der Waals surface area (Å²) in [5.74, 6) is 0. The molecular weight excluding hydrogens is 647 g/mol. The Labute approximate surface area is 300 Å². The molecule has 2 aliphatic rings. The summed E-state index contributed by atoms with van der Waals surface area (Å²) in [4.78, 5) is 0.769. The molecule has 0 heterocycles. The Morgan fingerprint density at radius 2 is 1.06 bits per heavy atom. The Kier molecular flexibility index (Phi) is 15.2. The fourth-order valence-corrected chi connectivity index (χ4v) is 10.1. The van der Waals surface area contributed by atoms with Gasteiger partial charge in [0.25, 0.3) is 0 Å². The Morgan fingerprint density at radius 3 is 1.54 bits per heavy atom. The van der Waals surface area contributed by atoms with Gasteiger partial charge in [-0.05, 0) is 44.6 Å². The van der Waals surface area contributed by atoms with Gasteiger partial charge in [-0.25, -0.2) is 0 Å². The van der Waals surface area contributed by atoms with Gasteiger partial charge in [-0.2, -0.15) is 0 Å². The third kappa shape index (κ3) is 13.0. The molecule has 0 spiro atoms. The van der Waals surface area contributed by atoms with E-state index >= 15 is 0 Å². The van der Waals surface area contributed by atoms with Crippen molar-refractivity contribution in [2.45, 2.75) is 106 Å². The van der Waals surface area contributed by atoms with Crippen molar-refractivity contribution in [1.82, 2.24) is 0 Å². The number of benzene rings is 1. The molecule has 0 bridgehead atoms. The number of aliphatic hydroxyl groups is 1. The molecule has 1 N–H and O–H groups in total. The van der Waals surface area contributed by atoms with Gasteiger partial charge in [-0.3, -0.25) is 0 Å². The fourth-order valence-electron chi connectivity index (χ4n) is 6.87. The van der Waals surface area contributed by atoms with Gasteiger partial charge in [0.2, 0.25) is 0 Å². The van der Waals surface area contributed by atoms with E-state index in [1.165, 1.54) is 56.3 Å². The molecule has 0 aliphatic heterocycles. The van der Waals surface area contributed by atoms with Crippen molar-refractivity contribution in [3.63, 3.8) is 0 Å². The van der Waals surface area contributed by atoms with E-state index in [-0.39, 0.29) is 16.9 Å². The summed E-state index contributed by atoms with van der Waals surface area (Å²) in [6.45, 7) is 22.3. The van der Waals surface area contributed by atoms with Crippen LogP contribution in [0.5, 0.6) is 0 Å². The van der Waals surface area contributed by atoms with Gasteiger partial charge in [0.15, 0.2) is 0 Å². The molecule has 2 heteroatoms. The van der Waals surface area contributed by atoms with Crippen LogP contribution in [0, 0.1) is 10.8 Å².